The smallest absolute Gasteiger partial charge is 0.178 e. The number of ether oxygens (including phenoxy) is 1. The Bertz CT molecular complexity index is 1590. The molecular formula is C28H22N6O. The second-order valence-corrected chi connectivity index (χ2v) is 8.35. The molecule has 0 unspecified atom stereocenters. The number of benzene rings is 2. The SMILES string of the molecule is N#Cc1ccc(-c2c(/C=C/c3ccc4ccccc4n3)nc3c(N4CCOCC4)ccnn23)cc1. The molecule has 4 heterocycles. The molecule has 0 spiro atoms. The van der Waals surface area contributed by atoms with Gasteiger partial charge in [-0.05, 0) is 42.5 Å². The Morgan fingerprint density at radius 1 is 0.886 bits per heavy atom. The van der Waals surface area contributed by atoms with Crippen molar-refractivity contribution in [1.29, 1.82) is 5.26 Å². The summed E-state index contributed by atoms with van der Waals surface area (Å²) in [6.07, 6.45) is 5.78. The highest BCUT2D eigenvalue weighted by Gasteiger charge is 2.20. The molecular weight excluding hydrogens is 436 g/mol. The van der Waals surface area contributed by atoms with Crippen LogP contribution in [-0.2, 0) is 4.74 Å². The van der Waals surface area contributed by atoms with Gasteiger partial charge in [0.05, 0.1) is 53.6 Å². The number of fused-ring (bicyclic) bond motifs is 2. The molecule has 0 radical (unpaired) electrons. The number of aromatic nitrogens is 4. The van der Waals surface area contributed by atoms with Gasteiger partial charge in [0.15, 0.2) is 5.65 Å². The summed E-state index contributed by atoms with van der Waals surface area (Å²) in [5.74, 6) is 0. The van der Waals surface area contributed by atoms with Gasteiger partial charge in [0, 0.05) is 24.0 Å². The Morgan fingerprint density at radius 3 is 2.54 bits per heavy atom. The van der Waals surface area contributed by atoms with Gasteiger partial charge >= 0.3 is 0 Å². The first-order valence-electron chi connectivity index (χ1n) is 11.5. The average Bonchev–Trinajstić information content (AvgIpc) is 3.31. The normalized spacial score (nSPS) is 14.1. The van der Waals surface area contributed by atoms with E-state index < -0.39 is 0 Å². The van der Waals surface area contributed by atoms with Gasteiger partial charge in [-0.1, -0.05) is 36.4 Å². The second-order valence-electron chi connectivity index (χ2n) is 8.35. The molecule has 170 valence electrons. The van der Waals surface area contributed by atoms with Crippen LogP contribution in [-0.4, -0.2) is 45.9 Å². The van der Waals surface area contributed by atoms with Crippen LogP contribution in [0.25, 0.3) is 40.0 Å². The number of morpholine rings is 1. The van der Waals surface area contributed by atoms with Crippen LogP contribution in [0, 0.1) is 11.3 Å². The first-order valence-corrected chi connectivity index (χ1v) is 11.5. The van der Waals surface area contributed by atoms with Gasteiger partial charge in [0.1, 0.15) is 5.69 Å². The lowest BCUT2D eigenvalue weighted by Gasteiger charge is -2.28. The van der Waals surface area contributed by atoms with Crippen molar-refractivity contribution in [3.8, 4) is 17.3 Å². The molecule has 5 aromatic rings. The topological polar surface area (TPSA) is 79.3 Å². The zero-order valence-corrected chi connectivity index (χ0v) is 19.0. The molecule has 2 aromatic carbocycles. The maximum Gasteiger partial charge on any atom is 0.178 e. The van der Waals surface area contributed by atoms with Crippen molar-refractivity contribution >= 4 is 34.4 Å². The molecule has 0 bridgehead atoms. The number of nitriles is 1. The molecule has 1 aliphatic heterocycles. The van der Waals surface area contributed by atoms with Gasteiger partial charge in [-0.25, -0.2) is 14.5 Å². The lowest BCUT2D eigenvalue weighted by atomic mass is 10.1. The van der Waals surface area contributed by atoms with E-state index in [9.17, 15) is 5.26 Å². The molecule has 1 fully saturated rings. The molecule has 35 heavy (non-hydrogen) atoms. The molecule has 3 aromatic heterocycles. The minimum absolute atomic E-state index is 0.613. The Kier molecular flexibility index (Phi) is 5.41. The van der Waals surface area contributed by atoms with E-state index in [-0.39, 0.29) is 0 Å². The summed E-state index contributed by atoms with van der Waals surface area (Å²) in [5.41, 5.74) is 6.84. The first kappa shape index (κ1) is 21.0. The standard InChI is InChI=1S/C28H22N6O/c29-19-20-5-7-22(8-6-20)27-25(12-11-23-10-9-21-3-1-2-4-24(21)31-23)32-28-26(13-14-30-34(27)28)33-15-17-35-18-16-33/h1-14H,15-18H2/b12-11+. The number of rotatable bonds is 4. The van der Waals surface area contributed by atoms with Crippen LogP contribution >= 0.6 is 0 Å². The molecule has 6 rings (SSSR count). The monoisotopic (exact) mass is 458 g/mol. The fraction of sp³-hybridized carbons (Fsp3) is 0.143. The number of anilines is 1. The first-order chi connectivity index (χ1) is 17.3. The summed E-state index contributed by atoms with van der Waals surface area (Å²) in [6.45, 7) is 3.01. The summed E-state index contributed by atoms with van der Waals surface area (Å²) in [4.78, 5) is 12.1. The zero-order valence-electron chi connectivity index (χ0n) is 19.0. The highest BCUT2D eigenvalue weighted by Crippen LogP contribution is 2.31. The van der Waals surface area contributed by atoms with E-state index in [4.69, 9.17) is 14.7 Å². The largest absolute Gasteiger partial charge is 0.378 e. The Morgan fingerprint density at radius 2 is 1.71 bits per heavy atom. The number of hydrogen-bond acceptors (Lipinski definition) is 6. The van der Waals surface area contributed by atoms with Crippen molar-refractivity contribution in [2.24, 2.45) is 0 Å². The minimum atomic E-state index is 0.613. The molecule has 7 nitrogen and oxygen atoms in total. The van der Waals surface area contributed by atoms with Crippen LogP contribution < -0.4 is 4.90 Å². The van der Waals surface area contributed by atoms with Crippen molar-refractivity contribution in [3.63, 3.8) is 0 Å². The lowest BCUT2D eigenvalue weighted by molar-refractivity contribution is 0.123. The van der Waals surface area contributed by atoms with Crippen molar-refractivity contribution in [1.82, 2.24) is 19.6 Å². The van der Waals surface area contributed by atoms with Gasteiger partial charge in [-0.3, -0.25) is 0 Å². The maximum absolute atomic E-state index is 9.24. The van der Waals surface area contributed by atoms with Crippen LogP contribution in [0.1, 0.15) is 17.0 Å². The van der Waals surface area contributed by atoms with Crippen molar-refractivity contribution < 1.29 is 4.74 Å². The number of hydrogen-bond donors (Lipinski definition) is 0. The molecule has 0 aliphatic carbocycles. The summed E-state index contributed by atoms with van der Waals surface area (Å²) in [6, 6.07) is 23.9. The van der Waals surface area contributed by atoms with E-state index in [1.165, 1.54) is 0 Å². The van der Waals surface area contributed by atoms with E-state index in [1.807, 2.05) is 77.5 Å². The van der Waals surface area contributed by atoms with E-state index in [0.717, 1.165) is 58.0 Å². The van der Waals surface area contributed by atoms with E-state index in [0.29, 0.717) is 18.8 Å². The van der Waals surface area contributed by atoms with Crippen LogP contribution in [0.15, 0.2) is 72.9 Å². The van der Waals surface area contributed by atoms with Crippen LogP contribution in [0.2, 0.25) is 0 Å². The van der Waals surface area contributed by atoms with Gasteiger partial charge in [-0.15, -0.1) is 0 Å². The third-order valence-corrected chi connectivity index (χ3v) is 6.20. The number of para-hydroxylation sites is 1. The molecule has 1 aliphatic rings. The Labute approximate surface area is 202 Å². The third-order valence-electron chi connectivity index (χ3n) is 6.20. The highest BCUT2D eigenvalue weighted by atomic mass is 16.5. The molecule has 7 heteroatoms. The number of pyridine rings is 1. The molecule has 1 saturated heterocycles. The summed E-state index contributed by atoms with van der Waals surface area (Å²) < 4.78 is 7.43. The fourth-order valence-electron chi connectivity index (χ4n) is 4.43. The summed E-state index contributed by atoms with van der Waals surface area (Å²) in [5, 5.41) is 15.0. The summed E-state index contributed by atoms with van der Waals surface area (Å²) >= 11 is 0. The molecule has 0 saturated carbocycles. The predicted octanol–water partition coefficient (Wildman–Crippen LogP) is 4.82. The van der Waals surface area contributed by atoms with Gasteiger partial charge in [-0.2, -0.15) is 10.4 Å². The van der Waals surface area contributed by atoms with E-state index >= 15 is 0 Å². The highest BCUT2D eigenvalue weighted by molar-refractivity contribution is 5.84. The zero-order chi connectivity index (χ0) is 23.6. The van der Waals surface area contributed by atoms with Crippen molar-refractivity contribution in [2.45, 2.75) is 0 Å². The van der Waals surface area contributed by atoms with Gasteiger partial charge < -0.3 is 9.64 Å². The van der Waals surface area contributed by atoms with Crippen LogP contribution in [0.4, 0.5) is 5.69 Å². The third kappa shape index (κ3) is 4.01. The quantitative estimate of drug-likeness (QED) is 0.384. The van der Waals surface area contributed by atoms with Crippen molar-refractivity contribution in [3.05, 3.63) is 89.9 Å². The fourth-order valence-corrected chi connectivity index (χ4v) is 4.43. The second kappa shape index (κ2) is 9.01. The molecule has 0 atom stereocenters. The minimum Gasteiger partial charge on any atom is -0.378 e. The Hall–Kier alpha value is -4.54. The maximum atomic E-state index is 9.24. The molecule has 0 N–H and O–H groups in total. The number of imidazole rings is 1. The van der Waals surface area contributed by atoms with Crippen LogP contribution in [0.5, 0.6) is 0 Å². The van der Waals surface area contributed by atoms with Gasteiger partial charge in [0.2, 0.25) is 0 Å². The average molecular weight is 459 g/mol. The van der Waals surface area contributed by atoms with Gasteiger partial charge in [0.25, 0.3) is 0 Å². The van der Waals surface area contributed by atoms with Crippen LogP contribution in [0.3, 0.4) is 0 Å². The molecule has 0 amide bonds. The summed E-state index contributed by atoms with van der Waals surface area (Å²) in [7, 11) is 0. The van der Waals surface area contributed by atoms with E-state index in [1.54, 1.807) is 0 Å². The predicted molar refractivity (Wildman–Crippen MR) is 137 cm³/mol. The Balaban J connectivity index is 1.49. The number of nitrogens with zero attached hydrogens (tertiary/aromatic N) is 6. The van der Waals surface area contributed by atoms with Crippen molar-refractivity contribution in [2.75, 3.05) is 31.2 Å². The lowest BCUT2D eigenvalue weighted by Crippen LogP contribution is -2.36. The van der Waals surface area contributed by atoms with E-state index in [2.05, 4.69) is 28.2 Å².